The normalized spacial score (nSPS) is 10.8. The number of nitrogens with zero attached hydrogens (tertiary/aromatic N) is 2. The molecule has 17 heavy (non-hydrogen) atoms. The van der Waals surface area contributed by atoms with Crippen molar-refractivity contribution < 1.29 is 44.3 Å². The van der Waals surface area contributed by atoms with Crippen LogP contribution in [0, 0.1) is 11.3 Å². The van der Waals surface area contributed by atoms with E-state index in [4.69, 9.17) is 5.26 Å². The zero-order valence-electron chi connectivity index (χ0n) is 9.27. The summed E-state index contributed by atoms with van der Waals surface area (Å²) in [5, 5.41) is 21.2. The smallest absolute Gasteiger partial charge is 0.548 e. The molecular formula is C9H9N4NaO3. The fraction of sp³-hybridized carbons (Fsp3) is 0.333. The monoisotopic (exact) mass is 244 g/mol. The van der Waals surface area contributed by atoms with Gasteiger partial charge in [0, 0.05) is 18.3 Å². The molecule has 0 aliphatic rings. The summed E-state index contributed by atoms with van der Waals surface area (Å²) in [5.41, 5.74) is 0.562. The standard InChI is InChI=1S/C9H10N4O3.Na/c10-2-1-8(14)13-7(9(15)16)3-6-4-11-5-12-6;/h4-5,7H,1,3H2,(H,11,12)(H,13,14)(H,15,16);/q;+1/p-1/t7-;/m0./s1. The summed E-state index contributed by atoms with van der Waals surface area (Å²) in [6.07, 6.45) is 2.51. The van der Waals surface area contributed by atoms with Gasteiger partial charge in [0.2, 0.25) is 5.91 Å². The Balaban J connectivity index is 0.00000256. The van der Waals surface area contributed by atoms with E-state index in [0.717, 1.165) is 0 Å². The number of carbonyl (C=O) groups excluding carboxylic acids is 2. The van der Waals surface area contributed by atoms with Crippen LogP contribution in [0.4, 0.5) is 0 Å². The van der Waals surface area contributed by atoms with E-state index < -0.39 is 17.9 Å². The molecule has 2 N–H and O–H groups in total. The van der Waals surface area contributed by atoms with E-state index in [-0.39, 0.29) is 42.4 Å². The van der Waals surface area contributed by atoms with Crippen LogP contribution in [0.15, 0.2) is 12.5 Å². The average molecular weight is 244 g/mol. The summed E-state index contributed by atoms with van der Waals surface area (Å²) in [4.78, 5) is 28.2. The molecule has 7 nitrogen and oxygen atoms in total. The third-order valence-corrected chi connectivity index (χ3v) is 1.84. The van der Waals surface area contributed by atoms with E-state index in [2.05, 4.69) is 15.3 Å². The summed E-state index contributed by atoms with van der Waals surface area (Å²) in [6.45, 7) is 0. The molecule has 1 rings (SSSR count). The predicted molar refractivity (Wildman–Crippen MR) is 49.5 cm³/mol. The molecule has 0 aromatic carbocycles. The SMILES string of the molecule is N#CCC(=O)N[C@@H](Cc1cnc[nH]1)C(=O)[O-].[Na+]. The Hall–Kier alpha value is -1.36. The van der Waals surface area contributed by atoms with Crippen molar-refractivity contribution in [1.82, 2.24) is 15.3 Å². The molecule has 0 unspecified atom stereocenters. The first kappa shape index (κ1) is 15.6. The second-order valence-electron chi connectivity index (χ2n) is 3.05. The molecule has 0 fully saturated rings. The minimum absolute atomic E-state index is 0. The summed E-state index contributed by atoms with van der Waals surface area (Å²) < 4.78 is 0. The second-order valence-corrected chi connectivity index (χ2v) is 3.05. The van der Waals surface area contributed by atoms with Gasteiger partial charge in [-0.25, -0.2) is 4.98 Å². The van der Waals surface area contributed by atoms with Crippen LogP contribution in [0.2, 0.25) is 0 Å². The van der Waals surface area contributed by atoms with E-state index in [9.17, 15) is 14.7 Å². The van der Waals surface area contributed by atoms with Crippen molar-refractivity contribution in [1.29, 1.82) is 5.26 Å². The molecule has 0 saturated carbocycles. The molecule has 1 atom stereocenters. The van der Waals surface area contributed by atoms with Crippen molar-refractivity contribution in [2.45, 2.75) is 18.9 Å². The molecular weight excluding hydrogens is 235 g/mol. The van der Waals surface area contributed by atoms with Crippen molar-refractivity contribution in [3.8, 4) is 6.07 Å². The van der Waals surface area contributed by atoms with Crippen molar-refractivity contribution in [2.75, 3.05) is 0 Å². The molecule has 0 aliphatic carbocycles. The number of aliphatic carboxylic acids is 1. The zero-order chi connectivity index (χ0) is 12.0. The Labute approximate surface area is 120 Å². The summed E-state index contributed by atoms with van der Waals surface area (Å²) in [5.74, 6) is -2.04. The third kappa shape index (κ3) is 5.49. The number of hydrogen-bond acceptors (Lipinski definition) is 5. The van der Waals surface area contributed by atoms with Gasteiger partial charge in [0.05, 0.1) is 24.4 Å². The van der Waals surface area contributed by atoms with Crippen LogP contribution in [0.25, 0.3) is 0 Å². The Morgan fingerprint density at radius 2 is 2.35 bits per heavy atom. The van der Waals surface area contributed by atoms with Crippen molar-refractivity contribution in [3.63, 3.8) is 0 Å². The van der Waals surface area contributed by atoms with Crippen LogP contribution < -0.4 is 40.0 Å². The van der Waals surface area contributed by atoms with Crippen molar-refractivity contribution >= 4 is 11.9 Å². The first-order valence-electron chi connectivity index (χ1n) is 4.48. The van der Waals surface area contributed by atoms with Crippen molar-refractivity contribution in [2.24, 2.45) is 0 Å². The quantitative estimate of drug-likeness (QED) is 0.503. The maximum Gasteiger partial charge on any atom is 1.00 e. The number of imidazole rings is 1. The molecule has 0 radical (unpaired) electrons. The van der Waals surface area contributed by atoms with Gasteiger partial charge in [0.1, 0.15) is 6.42 Å². The van der Waals surface area contributed by atoms with Crippen LogP contribution in [-0.2, 0) is 16.0 Å². The first-order chi connectivity index (χ1) is 7.63. The van der Waals surface area contributed by atoms with E-state index in [0.29, 0.717) is 5.69 Å². The number of carboxylic acids is 1. The van der Waals surface area contributed by atoms with Crippen LogP contribution in [-0.4, -0.2) is 27.9 Å². The zero-order valence-corrected chi connectivity index (χ0v) is 11.3. The van der Waals surface area contributed by atoms with Gasteiger partial charge in [0.25, 0.3) is 0 Å². The second kappa shape index (κ2) is 7.84. The number of aromatic amines is 1. The Bertz CT molecular complexity index is 412. The summed E-state index contributed by atoms with van der Waals surface area (Å²) in [7, 11) is 0. The van der Waals surface area contributed by atoms with Gasteiger partial charge < -0.3 is 20.2 Å². The van der Waals surface area contributed by atoms with Gasteiger partial charge in [-0.3, -0.25) is 4.79 Å². The summed E-state index contributed by atoms with van der Waals surface area (Å²) >= 11 is 0. The number of rotatable bonds is 5. The average Bonchev–Trinajstić information content (AvgIpc) is 2.69. The largest absolute Gasteiger partial charge is 1.00 e. The fourth-order valence-corrected chi connectivity index (χ4v) is 1.13. The van der Waals surface area contributed by atoms with Crippen molar-refractivity contribution in [3.05, 3.63) is 18.2 Å². The molecule has 84 valence electrons. The van der Waals surface area contributed by atoms with Gasteiger partial charge >= 0.3 is 29.6 Å². The number of H-pyrrole nitrogens is 1. The number of nitrogens with one attached hydrogen (secondary N) is 2. The summed E-state index contributed by atoms with van der Waals surface area (Å²) in [6, 6.07) is 0.460. The minimum Gasteiger partial charge on any atom is -0.548 e. The van der Waals surface area contributed by atoms with E-state index >= 15 is 0 Å². The van der Waals surface area contributed by atoms with Gasteiger partial charge in [-0.2, -0.15) is 5.26 Å². The molecule has 0 saturated heterocycles. The number of aromatic nitrogens is 2. The molecule has 8 heteroatoms. The topological polar surface area (TPSA) is 122 Å². The Kier molecular flexibility index (Phi) is 7.21. The molecule has 0 bridgehead atoms. The first-order valence-corrected chi connectivity index (χ1v) is 4.48. The van der Waals surface area contributed by atoms with Crippen LogP contribution in [0.1, 0.15) is 12.1 Å². The molecule has 1 amide bonds. The Morgan fingerprint density at radius 3 is 2.82 bits per heavy atom. The number of nitriles is 1. The maximum atomic E-state index is 11.0. The van der Waals surface area contributed by atoms with Crippen LogP contribution in [0.5, 0.6) is 0 Å². The third-order valence-electron chi connectivity index (χ3n) is 1.84. The van der Waals surface area contributed by atoms with Gasteiger partial charge in [-0.05, 0) is 0 Å². The van der Waals surface area contributed by atoms with E-state index in [1.54, 1.807) is 6.07 Å². The predicted octanol–water partition coefficient (Wildman–Crippen LogP) is -4.90. The van der Waals surface area contributed by atoms with Gasteiger partial charge in [-0.1, -0.05) is 0 Å². The number of hydrogen-bond donors (Lipinski definition) is 2. The number of carbonyl (C=O) groups is 2. The van der Waals surface area contributed by atoms with E-state index in [1.165, 1.54) is 12.5 Å². The molecule has 1 aromatic heterocycles. The number of carboxylic acid groups (broad SMARTS) is 1. The van der Waals surface area contributed by atoms with Crippen LogP contribution in [0.3, 0.4) is 0 Å². The molecule has 1 aromatic rings. The fourth-order valence-electron chi connectivity index (χ4n) is 1.13. The Morgan fingerprint density at radius 1 is 1.65 bits per heavy atom. The van der Waals surface area contributed by atoms with Gasteiger partial charge in [-0.15, -0.1) is 0 Å². The van der Waals surface area contributed by atoms with E-state index in [1.807, 2.05) is 0 Å². The molecule has 0 aliphatic heterocycles. The number of amides is 1. The maximum absolute atomic E-state index is 11.0. The van der Waals surface area contributed by atoms with Gasteiger partial charge in [0.15, 0.2) is 0 Å². The minimum atomic E-state index is -1.40. The van der Waals surface area contributed by atoms with Crippen LogP contribution >= 0.6 is 0 Å². The molecule has 1 heterocycles. The molecule has 0 spiro atoms.